The minimum Gasteiger partial charge on any atom is -0.379 e. The van der Waals surface area contributed by atoms with Crippen LogP contribution in [-0.4, -0.2) is 76.6 Å². The number of ether oxygens (including phenoxy) is 1. The van der Waals surface area contributed by atoms with Gasteiger partial charge in [-0.1, -0.05) is 13.0 Å². The van der Waals surface area contributed by atoms with Gasteiger partial charge >= 0.3 is 0 Å². The summed E-state index contributed by atoms with van der Waals surface area (Å²) in [6.45, 7) is 7.60. The molecule has 0 spiro atoms. The minimum atomic E-state index is -3.64. The van der Waals surface area contributed by atoms with Crippen molar-refractivity contribution in [2.45, 2.75) is 24.7 Å². The Morgan fingerprint density at radius 2 is 2.04 bits per heavy atom. The molecule has 2 aliphatic rings. The lowest BCUT2D eigenvalue weighted by atomic mass is 9.99. The molecule has 2 fully saturated rings. The standard InChI is InChI=1S/C19H29N3O4S/c1-16-4-3-8-22(15-16)19(23)17-5-2-6-18(14-17)27(24,25)20-7-9-21-10-12-26-13-11-21/h2,5-6,14,16,20H,3-4,7-13,15H2,1H3. The first-order valence-electron chi connectivity index (χ1n) is 9.65. The summed E-state index contributed by atoms with van der Waals surface area (Å²) in [6.07, 6.45) is 2.12. The zero-order chi connectivity index (χ0) is 19.3. The second-order valence-electron chi connectivity index (χ2n) is 7.38. The predicted molar refractivity (Wildman–Crippen MR) is 103 cm³/mol. The third-order valence-corrected chi connectivity index (χ3v) is 6.62. The molecule has 0 radical (unpaired) electrons. The molecule has 0 saturated carbocycles. The second kappa shape index (κ2) is 9.14. The number of piperidine rings is 1. The molecule has 2 aliphatic heterocycles. The highest BCUT2D eigenvalue weighted by atomic mass is 32.2. The quantitative estimate of drug-likeness (QED) is 0.782. The molecule has 1 amide bonds. The Balaban J connectivity index is 1.61. The molecule has 3 rings (SSSR count). The monoisotopic (exact) mass is 395 g/mol. The molecule has 1 aromatic rings. The van der Waals surface area contributed by atoms with Crippen LogP contribution in [-0.2, 0) is 14.8 Å². The fourth-order valence-electron chi connectivity index (χ4n) is 3.60. The van der Waals surface area contributed by atoms with Gasteiger partial charge in [-0.05, 0) is 37.0 Å². The zero-order valence-electron chi connectivity index (χ0n) is 15.9. The number of morpholine rings is 1. The van der Waals surface area contributed by atoms with Crippen LogP contribution in [0, 0.1) is 5.92 Å². The molecule has 0 bridgehead atoms. The molecule has 7 nitrogen and oxygen atoms in total. The summed E-state index contributed by atoms with van der Waals surface area (Å²) in [5.41, 5.74) is 0.431. The average Bonchev–Trinajstić information content (AvgIpc) is 2.68. The summed E-state index contributed by atoms with van der Waals surface area (Å²) < 4.78 is 33.1. The number of nitrogens with zero attached hydrogens (tertiary/aromatic N) is 2. The lowest BCUT2D eigenvalue weighted by Crippen LogP contribution is -2.41. The first-order chi connectivity index (χ1) is 13.0. The van der Waals surface area contributed by atoms with Crippen molar-refractivity contribution in [2.24, 2.45) is 5.92 Å². The van der Waals surface area contributed by atoms with Gasteiger partial charge in [0.2, 0.25) is 10.0 Å². The van der Waals surface area contributed by atoms with Crippen molar-refractivity contribution in [2.75, 3.05) is 52.5 Å². The van der Waals surface area contributed by atoms with Gasteiger partial charge in [-0.15, -0.1) is 0 Å². The topological polar surface area (TPSA) is 79.0 Å². The third kappa shape index (κ3) is 5.51. The van der Waals surface area contributed by atoms with Crippen molar-refractivity contribution < 1.29 is 17.9 Å². The average molecular weight is 396 g/mol. The molecular formula is C19H29N3O4S. The van der Waals surface area contributed by atoms with Crippen LogP contribution in [0.2, 0.25) is 0 Å². The van der Waals surface area contributed by atoms with Gasteiger partial charge in [-0.25, -0.2) is 13.1 Å². The van der Waals surface area contributed by atoms with E-state index in [2.05, 4.69) is 16.5 Å². The lowest BCUT2D eigenvalue weighted by Gasteiger charge is -2.31. The number of hydrogen-bond acceptors (Lipinski definition) is 5. The molecule has 1 unspecified atom stereocenters. The lowest BCUT2D eigenvalue weighted by molar-refractivity contribution is 0.0390. The first-order valence-corrected chi connectivity index (χ1v) is 11.1. The van der Waals surface area contributed by atoms with E-state index in [1.54, 1.807) is 12.1 Å². The second-order valence-corrected chi connectivity index (χ2v) is 9.15. The largest absolute Gasteiger partial charge is 0.379 e. The van der Waals surface area contributed by atoms with E-state index in [1.807, 2.05) is 4.90 Å². The summed E-state index contributed by atoms with van der Waals surface area (Å²) in [4.78, 5) is 16.9. The van der Waals surface area contributed by atoms with Crippen molar-refractivity contribution >= 4 is 15.9 Å². The van der Waals surface area contributed by atoms with E-state index in [9.17, 15) is 13.2 Å². The Morgan fingerprint density at radius 3 is 2.78 bits per heavy atom. The van der Waals surface area contributed by atoms with Crippen molar-refractivity contribution in [3.05, 3.63) is 29.8 Å². The Morgan fingerprint density at radius 1 is 1.26 bits per heavy atom. The van der Waals surface area contributed by atoms with E-state index >= 15 is 0 Å². The molecule has 1 N–H and O–H groups in total. The molecule has 1 atom stereocenters. The van der Waals surface area contributed by atoms with Gasteiger partial charge in [-0.3, -0.25) is 9.69 Å². The van der Waals surface area contributed by atoms with Gasteiger partial charge in [-0.2, -0.15) is 0 Å². The maximum Gasteiger partial charge on any atom is 0.253 e. The van der Waals surface area contributed by atoms with Gasteiger partial charge in [0, 0.05) is 44.8 Å². The van der Waals surface area contributed by atoms with Gasteiger partial charge in [0.25, 0.3) is 5.91 Å². The molecule has 1 aromatic carbocycles. The summed E-state index contributed by atoms with van der Waals surface area (Å²) in [7, 11) is -3.64. The van der Waals surface area contributed by atoms with Crippen LogP contribution >= 0.6 is 0 Å². The first kappa shape index (κ1) is 20.3. The molecule has 150 valence electrons. The molecule has 0 aromatic heterocycles. The third-order valence-electron chi connectivity index (χ3n) is 5.16. The van der Waals surface area contributed by atoms with Crippen LogP contribution in [0.25, 0.3) is 0 Å². The van der Waals surface area contributed by atoms with Crippen molar-refractivity contribution in [3.8, 4) is 0 Å². The van der Waals surface area contributed by atoms with E-state index < -0.39 is 10.0 Å². The summed E-state index contributed by atoms with van der Waals surface area (Å²) in [5, 5.41) is 0. The number of rotatable bonds is 6. The van der Waals surface area contributed by atoms with Gasteiger partial charge in [0.05, 0.1) is 18.1 Å². The van der Waals surface area contributed by atoms with Crippen LogP contribution in [0.4, 0.5) is 0 Å². The molecule has 2 heterocycles. The maximum atomic E-state index is 12.7. The van der Waals surface area contributed by atoms with Crippen LogP contribution in [0.3, 0.4) is 0 Å². The number of sulfonamides is 1. The van der Waals surface area contributed by atoms with Crippen LogP contribution < -0.4 is 4.72 Å². The fraction of sp³-hybridized carbons (Fsp3) is 0.632. The maximum absolute atomic E-state index is 12.7. The smallest absolute Gasteiger partial charge is 0.253 e. The highest BCUT2D eigenvalue weighted by Gasteiger charge is 2.23. The number of nitrogens with one attached hydrogen (secondary N) is 1. The van der Waals surface area contributed by atoms with Gasteiger partial charge in [0.1, 0.15) is 0 Å². The minimum absolute atomic E-state index is 0.0908. The van der Waals surface area contributed by atoms with Crippen LogP contribution in [0.5, 0.6) is 0 Å². The van der Waals surface area contributed by atoms with E-state index in [0.717, 1.165) is 39.0 Å². The predicted octanol–water partition coefficient (Wildman–Crippen LogP) is 1.17. The van der Waals surface area contributed by atoms with Crippen molar-refractivity contribution in [1.82, 2.24) is 14.5 Å². The highest BCUT2D eigenvalue weighted by molar-refractivity contribution is 7.89. The van der Waals surface area contributed by atoms with Crippen molar-refractivity contribution in [1.29, 1.82) is 0 Å². The number of likely N-dealkylation sites (tertiary alicyclic amines) is 1. The molecular weight excluding hydrogens is 366 g/mol. The van der Waals surface area contributed by atoms with E-state index in [0.29, 0.717) is 37.8 Å². The molecule has 27 heavy (non-hydrogen) atoms. The van der Waals surface area contributed by atoms with Crippen LogP contribution in [0.1, 0.15) is 30.1 Å². The Hall–Kier alpha value is -1.48. The number of hydrogen-bond donors (Lipinski definition) is 1. The zero-order valence-corrected chi connectivity index (χ0v) is 16.7. The summed E-state index contributed by atoms with van der Waals surface area (Å²) >= 11 is 0. The normalized spacial score (nSPS) is 22.0. The van der Waals surface area contributed by atoms with Gasteiger partial charge < -0.3 is 9.64 Å². The summed E-state index contributed by atoms with van der Waals surface area (Å²) in [5.74, 6) is 0.392. The fourth-order valence-corrected chi connectivity index (χ4v) is 4.67. The van der Waals surface area contributed by atoms with Crippen molar-refractivity contribution in [3.63, 3.8) is 0 Å². The molecule has 0 aliphatic carbocycles. The Labute approximate surface area is 161 Å². The van der Waals surface area contributed by atoms with E-state index in [4.69, 9.17) is 4.74 Å². The van der Waals surface area contributed by atoms with Crippen LogP contribution in [0.15, 0.2) is 29.2 Å². The SMILES string of the molecule is CC1CCCN(C(=O)c2cccc(S(=O)(=O)NCCN3CCOCC3)c2)C1. The Bertz CT molecular complexity index is 747. The number of benzene rings is 1. The molecule has 8 heteroatoms. The van der Waals surface area contributed by atoms with E-state index in [1.165, 1.54) is 12.1 Å². The highest BCUT2D eigenvalue weighted by Crippen LogP contribution is 2.19. The Kier molecular flexibility index (Phi) is 6.86. The summed E-state index contributed by atoms with van der Waals surface area (Å²) in [6, 6.07) is 6.34. The van der Waals surface area contributed by atoms with Gasteiger partial charge in [0.15, 0.2) is 0 Å². The number of amides is 1. The molecule has 2 saturated heterocycles. The number of carbonyl (C=O) groups is 1. The number of carbonyl (C=O) groups excluding carboxylic acids is 1. The van der Waals surface area contributed by atoms with E-state index in [-0.39, 0.29) is 10.8 Å².